The third kappa shape index (κ3) is 5.80. The molecule has 7 nitrogen and oxygen atoms in total. The van der Waals surface area contributed by atoms with Gasteiger partial charge in [-0.2, -0.15) is 0 Å². The molecule has 0 aliphatic carbocycles. The van der Waals surface area contributed by atoms with Gasteiger partial charge in [0.1, 0.15) is 0 Å². The van der Waals surface area contributed by atoms with Gasteiger partial charge in [-0.3, -0.25) is 4.79 Å². The van der Waals surface area contributed by atoms with Crippen molar-refractivity contribution in [1.82, 2.24) is 15.0 Å². The van der Waals surface area contributed by atoms with Crippen LogP contribution >= 0.6 is 0 Å². The highest BCUT2D eigenvalue weighted by Crippen LogP contribution is 2.25. The third-order valence-electron chi connectivity index (χ3n) is 3.13. The topological polar surface area (TPSA) is 97.4 Å². The number of rotatable bonds is 7. The monoisotopic (exact) mass is 367 g/mol. The van der Waals surface area contributed by atoms with Crippen LogP contribution in [0.15, 0.2) is 42.6 Å². The van der Waals surface area contributed by atoms with Gasteiger partial charge >= 0.3 is 0 Å². The molecule has 0 radical (unpaired) electrons. The first-order valence-corrected chi connectivity index (χ1v) is 9.26. The Morgan fingerprint density at radius 3 is 2.68 bits per heavy atom. The number of hydrogen-bond acceptors (Lipinski definition) is 5. The molecule has 2 rings (SSSR count). The van der Waals surface area contributed by atoms with E-state index in [9.17, 15) is 17.6 Å². The number of benzene rings is 1. The van der Waals surface area contributed by atoms with Crippen LogP contribution in [0.4, 0.5) is 4.39 Å². The Morgan fingerprint density at radius 1 is 1.28 bits per heavy atom. The fourth-order valence-electron chi connectivity index (χ4n) is 1.99. The highest BCUT2D eigenvalue weighted by atomic mass is 32.2. The van der Waals surface area contributed by atoms with E-state index < -0.39 is 27.8 Å². The Hall–Kier alpha value is -2.52. The Bertz CT molecular complexity index is 858. The summed E-state index contributed by atoms with van der Waals surface area (Å²) >= 11 is 0. The van der Waals surface area contributed by atoms with Crippen LogP contribution in [0.25, 0.3) is 0 Å². The van der Waals surface area contributed by atoms with Gasteiger partial charge in [-0.05, 0) is 25.1 Å². The highest BCUT2D eigenvalue weighted by Gasteiger charge is 2.17. The van der Waals surface area contributed by atoms with Gasteiger partial charge in [-0.1, -0.05) is 18.2 Å². The van der Waals surface area contributed by atoms with E-state index in [1.54, 1.807) is 18.2 Å². The number of pyridine rings is 1. The first kappa shape index (κ1) is 18.8. The normalized spacial score (nSPS) is 12.4. The Morgan fingerprint density at radius 2 is 2.00 bits per heavy atom. The van der Waals surface area contributed by atoms with Crippen molar-refractivity contribution in [2.75, 3.05) is 6.26 Å². The van der Waals surface area contributed by atoms with Crippen LogP contribution in [0.1, 0.15) is 12.5 Å². The number of hydrogen-bond donors (Lipinski definition) is 2. The fraction of sp³-hybridized carbons (Fsp3) is 0.250. The summed E-state index contributed by atoms with van der Waals surface area (Å²) in [5.41, 5.74) is 0.519. The first-order chi connectivity index (χ1) is 11.8. The number of nitrogens with zero attached hydrogens (tertiary/aromatic N) is 1. The van der Waals surface area contributed by atoms with Crippen molar-refractivity contribution < 1.29 is 22.3 Å². The van der Waals surface area contributed by atoms with E-state index in [1.807, 2.05) is 0 Å². The Labute approximate surface area is 145 Å². The van der Waals surface area contributed by atoms with E-state index >= 15 is 0 Å². The largest absolute Gasteiger partial charge is 0.436 e. The molecule has 0 fully saturated rings. The fourth-order valence-corrected chi connectivity index (χ4v) is 2.74. The molecule has 1 amide bonds. The maximum atomic E-state index is 13.7. The van der Waals surface area contributed by atoms with E-state index in [0.29, 0.717) is 5.56 Å². The molecule has 0 bridgehead atoms. The standard InChI is InChI=1S/C16H18FN3O4S/c1-11(20-25(2,22)23)15(21)19-10-12-6-5-9-18-16(12)24-14-8-4-3-7-13(14)17/h3-9,11,20H,10H2,1-2H3,(H,19,21)/t11-/m1/s1. The van der Waals surface area contributed by atoms with Crippen LogP contribution in [-0.4, -0.2) is 31.6 Å². The van der Waals surface area contributed by atoms with Gasteiger partial charge in [-0.25, -0.2) is 22.5 Å². The van der Waals surface area contributed by atoms with Gasteiger partial charge in [0.25, 0.3) is 0 Å². The number of amides is 1. The van der Waals surface area contributed by atoms with Gasteiger partial charge in [0.15, 0.2) is 11.6 Å². The molecular weight excluding hydrogens is 349 g/mol. The second-order valence-electron chi connectivity index (χ2n) is 5.33. The summed E-state index contributed by atoms with van der Waals surface area (Å²) in [7, 11) is -3.49. The minimum Gasteiger partial charge on any atom is -0.436 e. The molecule has 25 heavy (non-hydrogen) atoms. The van der Waals surface area contributed by atoms with Crippen molar-refractivity contribution in [3.63, 3.8) is 0 Å². The molecule has 0 saturated heterocycles. The summed E-state index contributed by atoms with van der Waals surface area (Å²) < 4.78 is 43.6. The van der Waals surface area contributed by atoms with E-state index in [1.165, 1.54) is 31.3 Å². The lowest BCUT2D eigenvalue weighted by Gasteiger charge is -2.14. The summed E-state index contributed by atoms with van der Waals surface area (Å²) in [6.07, 6.45) is 2.45. The predicted molar refractivity (Wildman–Crippen MR) is 90.0 cm³/mol. The van der Waals surface area contributed by atoms with Gasteiger partial charge in [0.05, 0.1) is 12.3 Å². The van der Waals surface area contributed by atoms with Crippen molar-refractivity contribution in [2.24, 2.45) is 0 Å². The van der Waals surface area contributed by atoms with Crippen molar-refractivity contribution >= 4 is 15.9 Å². The maximum absolute atomic E-state index is 13.7. The summed E-state index contributed by atoms with van der Waals surface area (Å²) in [5, 5.41) is 2.58. The minimum atomic E-state index is -3.49. The maximum Gasteiger partial charge on any atom is 0.238 e. The van der Waals surface area contributed by atoms with Crippen LogP contribution in [-0.2, 0) is 21.4 Å². The lowest BCUT2D eigenvalue weighted by atomic mass is 10.2. The number of carbonyl (C=O) groups excluding carboxylic acids is 1. The third-order valence-corrected chi connectivity index (χ3v) is 3.91. The molecule has 0 spiro atoms. The number of ether oxygens (including phenoxy) is 1. The second-order valence-corrected chi connectivity index (χ2v) is 7.11. The SMILES string of the molecule is C[C@@H](NS(C)(=O)=O)C(=O)NCc1cccnc1Oc1ccccc1F. The van der Waals surface area contributed by atoms with Gasteiger partial charge in [-0.15, -0.1) is 0 Å². The molecule has 2 N–H and O–H groups in total. The molecule has 134 valence electrons. The number of carbonyl (C=O) groups is 1. The zero-order chi connectivity index (χ0) is 18.4. The number of sulfonamides is 1. The Balaban J connectivity index is 2.06. The van der Waals surface area contributed by atoms with Crippen molar-refractivity contribution in [2.45, 2.75) is 19.5 Å². The van der Waals surface area contributed by atoms with E-state index in [0.717, 1.165) is 6.26 Å². The average molecular weight is 367 g/mol. The van der Waals surface area contributed by atoms with E-state index in [4.69, 9.17) is 4.74 Å². The van der Waals surface area contributed by atoms with Gasteiger partial charge in [0.2, 0.25) is 21.8 Å². The minimum absolute atomic E-state index is 0.0147. The van der Waals surface area contributed by atoms with E-state index in [2.05, 4.69) is 15.0 Å². The summed E-state index contributed by atoms with van der Waals surface area (Å²) in [4.78, 5) is 16.0. The lowest BCUT2D eigenvalue weighted by Crippen LogP contribution is -2.44. The van der Waals surface area contributed by atoms with E-state index in [-0.39, 0.29) is 18.2 Å². The van der Waals surface area contributed by atoms with Crippen LogP contribution in [0.2, 0.25) is 0 Å². The number of halogens is 1. The molecule has 2 aromatic rings. The molecule has 0 aliphatic heterocycles. The van der Waals surface area contributed by atoms with Crippen LogP contribution in [0, 0.1) is 5.82 Å². The zero-order valence-electron chi connectivity index (χ0n) is 13.7. The molecule has 0 saturated carbocycles. The number of para-hydroxylation sites is 1. The molecule has 1 atom stereocenters. The zero-order valence-corrected chi connectivity index (χ0v) is 14.5. The number of aromatic nitrogens is 1. The summed E-state index contributed by atoms with van der Waals surface area (Å²) in [6.45, 7) is 1.47. The van der Waals surface area contributed by atoms with Crippen molar-refractivity contribution in [1.29, 1.82) is 0 Å². The quantitative estimate of drug-likeness (QED) is 0.774. The van der Waals surface area contributed by atoms with Crippen molar-refractivity contribution in [3.8, 4) is 11.6 Å². The molecule has 0 aliphatic rings. The summed E-state index contributed by atoms with van der Waals surface area (Å²) in [5.74, 6) is -0.877. The predicted octanol–water partition coefficient (Wildman–Crippen LogP) is 1.57. The lowest BCUT2D eigenvalue weighted by molar-refractivity contribution is -0.122. The molecule has 9 heteroatoms. The molecule has 0 unspecified atom stereocenters. The van der Waals surface area contributed by atoms with Gasteiger partial charge < -0.3 is 10.1 Å². The van der Waals surface area contributed by atoms with Crippen molar-refractivity contribution in [3.05, 3.63) is 54.0 Å². The Kier molecular flexibility index (Phi) is 6.05. The van der Waals surface area contributed by atoms with Crippen LogP contribution in [0.3, 0.4) is 0 Å². The molecule has 1 heterocycles. The number of nitrogens with one attached hydrogen (secondary N) is 2. The molecule has 1 aromatic carbocycles. The highest BCUT2D eigenvalue weighted by molar-refractivity contribution is 7.88. The second kappa shape index (κ2) is 8.04. The smallest absolute Gasteiger partial charge is 0.238 e. The average Bonchev–Trinajstić information content (AvgIpc) is 2.54. The van der Waals surface area contributed by atoms with Gasteiger partial charge in [0, 0.05) is 18.3 Å². The molecule has 1 aromatic heterocycles. The summed E-state index contributed by atoms with van der Waals surface area (Å²) in [6, 6.07) is 8.27. The first-order valence-electron chi connectivity index (χ1n) is 7.37. The van der Waals surface area contributed by atoms with Crippen LogP contribution in [0.5, 0.6) is 11.6 Å². The van der Waals surface area contributed by atoms with Crippen LogP contribution < -0.4 is 14.8 Å². The molecular formula is C16H18FN3O4S.